The van der Waals surface area contributed by atoms with Crippen LogP contribution in [-0.4, -0.2) is 25.9 Å². The summed E-state index contributed by atoms with van der Waals surface area (Å²) < 4.78 is 10.6. The highest BCUT2D eigenvalue weighted by Gasteiger charge is 2.04. The number of rotatable bonds is 7. The summed E-state index contributed by atoms with van der Waals surface area (Å²) in [5, 5.41) is 7.02. The normalized spacial score (nSPS) is 10.0. The number of para-hydroxylation sites is 1. The second kappa shape index (κ2) is 9.00. The van der Waals surface area contributed by atoms with Crippen molar-refractivity contribution in [2.45, 2.75) is 12.8 Å². The summed E-state index contributed by atoms with van der Waals surface area (Å²) in [6.45, 7) is 0.813. The van der Waals surface area contributed by atoms with Gasteiger partial charge in [-0.2, -0.15) is 0 Å². The first kappa shape index (κ1) is 17.1. The third-order valence-electron chi connectivity index (χ3n) is 3.41. The Kier molecular flexibility index (Phi) is 6.69. The average molecular weight is 330 g/mol. The van der Waals surface area contributed by atoms with Crippen LogP contribution in [0.4, 0.5) is 5.69 Å². The highest BCUT2D eigenvalue weighted by atomic mass is 32.1. The van der Waals surface area contributed by atoms with Gasteiger partial charge in [0.1, 0.15) is 0 Å². The molecule has 4 nitrogen and oxygen atoms in total. The number of hydrogen-bond acceptors (Lipinski definition) is 3. The van der Waals surface area contributed by atoms with Crippen LogP contribution in [0.2, 0.25) is 0 Å². The molecule has 0 unspecified atom stereocenters. The van der Waals surface area contributed by atoms with E-state index in [1.165, 1.54) is 5.56 Å². The molecule has 122 valence electrons. The zero-order valence-electron chi connectivity index (χ0n) is 13.5. The molecule has 0 aromatic heterocycles. The zero-order chi connectivity index (χ0) is 16.5. The van der Waals surface area contributed by atoms with Crippen molar-refractivity contribution in [3.8, 4) is 11.5 Å². The van der Waals surface area contributed by atoms with Gasteiger partial charge in [-0.3, -0.25) is 0 Å². The molecule has 0 amide bonds. The second-order valence-electron chi connectivity index (χ2n) is 5.04. The molecule has 23 heavy (non-hydrogen) atoms. The first-order chi connectivity index (χ1) is 11.2. The standard InChI is InChI=1S/C18H22N2O2S/c1-21-16-11-10-14(13-17(16)22-2)7-6-12-19-18(23)20-15-8-4-3-5-9-15/h3-5,8-11,13H,6-7,12H2,1-2H3,(H2,19,20,23). The molecule has 0 radical (unpaired) electrons. The Morgan fingerprint density at radius 3 is 2.43 bits per heavy atom. The molecule has 0 atom stereocenters. The Morgan fingerprint density at radius 2 is 1.74 bits per heavy atom. The van der Waals surface area contributed by atoms with E-state index in [1.54, 1.807) is 14.2 Å². The van der Waals surface area contributed by atoms with Gasteiger partial charge in [-0.15, -0.1) is 0 Å². The van der Waals surface area contributed by atoms with Gasteiger partial charge in [-0.05, 0) is 54.9 Å². The first-order valence-corrected chi connectivity index (χ1v) is 7.94. The van der Waals surface area contributed by atoms with Gasteiger partial charge in [0.2, 0.25) is 0 Å². The van der Waals surface area contributed by atoms with Crippen LogP contribution in [0.15, 0.2) is 48.5 Å². The minimum atomic E-state index is 0.642. The molecule has 5 heteroatoms. The molecule has 0 bridgehead atoms. The fourth-order valence-corrected chi connectivity index (χ4v) is 2.45. The lowest BCUT2D eigenvalue weighted by Gasteiger charge is -2.11. The Hall–Kier alpha value is -2.27. The average Bonchev–Trinajstić information content (AvgIpc) is 2.59. The predicted octanol–water partition coefficient (Wildman–Crippen LogP) is 3.62. The summed E-state index contributed by atoms with van der Waals surface area (Å²) in [6.07, 6.45) is 1.92. The van der Waals surface area contributed by atoms with Crippen molar-refractivity contribution in [2.75, 3.05) is 26.1 Å². The first-order valence-electron chi connectivity index (χ1n) is 7.53. The van der Waals surface area contributed by atoms with Crippen LogP contribution >= 0.6 is 12.2 Å². The summed E-state index contributed by atoms with van der Waals surface area (Å²) in [5.74, 6) is 1.52. The molecule has 0 spiro atoms. The molecule has 2 rings (SSSR count). The maximum absolute atomic E-state index is 5.32. The van der Waals surface area contributed by atoms with Crippen molar-refractivity contribution < 1.29 is 9.47 Å². The molecule has 2 aromatic rings. The topological polar surface area (TPSA) is 42.5 Å². The quantitative estimate of drug-likeness (QED) is 0.599. The van der Waals surface area contributed by atoms with Crippen LogP contribution in [0.25, 0.3) is 0 Å². The number of thiocarbonyl (C=S) groups is 1. The van der Waals surface area contributed by atoms with Crippen LogP contribution in [0.1, 0.15) is 12.0 Å². The molecule has 0 fully saturated rings. The summed E-state index contributed by atoms with van der Waals surface area (Å²) in [4.78, 5) is 0. The van der Waals surface area contributed by atoms with E-state index in [1.807, 2.05) is 42.5 Å². The third kappa shape index (κ3) is 5.45. The predicted molar refractivity (Wildman–Crippen MR) is 98.5 cm³/mol. The van der Waals surface area contributed by atoms with Crippen LogP contribution in [0.5, 0.6) is 11.5 Å². The SMILES string of the molecule is COc1ccc(CCCNC(=S)Nc2ccccc2)cc1OC. The van der Waals surface area contributed by atoms with Gasteiger partial charge in [0.05, 0.1) is 14.2 Å². The van der Waals surface area contributed by atoms with E-state index in [4.69, 9.17) is 21.7 Å². The number of hydrogen-bond donors (Lipinski definition) is 2. The Balaban J connectivity index is 1.74. The molecule has 0 aliphatic rings. The van der Waals surface area contributed by atoms with Crippen molar-refractivity contribution in [1.29, 1.82) is 0 Å². The van der Waals surface area contributed by atoms with Gasteiger partial charge >= 0.3 is 0 Å². The lowest BCUT2D eigenvalue weighted by atomic mass is 10.1. The Bertz CT molecular complexity index is 632. The molecule has 2 aromatic carbocycles. The van der Waals surface area contributed by atoms with Gasteiger partial charge in [-0.25, -0.2) is 0 Å². The Morgan fingerprint density at radius 1 is 1.00 bits per heavy atom. The number of anilines is 1. The van der Waals surface area contributed by atoms with E-state index in [-0.39, 0.29) is 0 Å². The van der Waals surface area contributed by atoms with Gasteiger partial charge in [0.25, 0.3) is 0 Å². The highest BCUT2D eigenvalue weighted by molar-refractivity contribution is 7.80. The molecular weight excluding hydrogens is 308 g/mol. The fourth-order valence-electron chi connectivity index (χ4n) is 2.23. The van der Waals surface area contributed by atoms with E-state index in [2.05, 4.69) is 16.7 Å². The molecule has 2 N–H and O–H groups in total. The van der Waals surface area contributed by atoms with Crippen LogP contribution in [0, 0.1) is 0 Å². The molecule has 0 saturated heterocycles. The zero-order valence-corrected chi connectivity index (χ0v) is 14.3. The van der Waals surface area contributed by atoms with Crippen LogP contribution < -0.4 is 20.1 Å². The van der Waals surface area contributed by atoms with E-state index in [9.17, 15) is 0 Å². The largest absolute Gasteiger partial charge is 0.493 e. The number of aryl methyl sites for hydroxylation is 1. The highest BCUT2D eigenvalue weighted by Crippen LogP contribution is 2.27. The second-order valence-corrected chi connectivity index (χ2v) is 5.45. The Labute approximate surface area is 142 Å². The third-order valence-corrected chi connectivity index (χ3v) is 3.65. The maximum atomic E-state index is 5.32. The smallest absolute Gasteiger partial charge is 0.170 e. The van der Waals surface area contributed by atoms with Crippen molar-refractivity contribution in [3.05, 3.63) is 54.1 Å². The van der Waals surface area contributed by atoms with E-state index in [0.29, 0.717) is 5.11 Å². The summed E-state index contributed by atoms with van der Waals surface area (Å²) in [7, 11) is 3.29. The molecule has 0 aliphatic carbocycles. The summed E-state index contributed by atoms with van der Waals surface area (Å²) >= 11 is 5.28. The molecule has 0 saturated carbocycles. The lowest BCUT2D eigenvalue weighted by molar-refractivity contribution is 0.354. The molecular formula is C18H22N2O2S. The van der Waals surface area contributed by atoms with Crippen molar-refractivity contribution in [1.82, 2.24) is 5.32 Å². The minimum Gasteiger partial charge on any atom is -0.493 e. The van der Waals surface area contributed by atoms with E-state index >= 15 is 0 Å². The lowest BCUT2D eigenvalue weighted by Crippen LogP contribution is -2.29. The van der Waals surface area contributed by atoms with Crippen LogP contribution in [-0.2, 0) is 6.42 Å². The number of benzene rings is 2. The number of ether oxygens (including phenoxy) is 2. The van der Waals surface area contributed by atoms with E-state index in [0.717, 1.165) is 36.6 Å². The number of nitrogens with one attached hydrogen (secondary N) is 2. The number of methoxy groups -OCH3 is 2. The van der Waals surface area contributed by atoms with Crippen molar-refractivity contribution >= 4 is 23.0 Å². The van der Waals surface area contributed by atoms with Gasteiger partial charge < -0.3 is 20.1 Å². The van der Waals surface area contributed by atoms with E-state index < -0.39 is 0 Å². The molecule has 0 heterocycles. The van der Waals surface area contributed by atoms with Crippen LogP contribution in [0.3, 0.4) is 0 Å². The summed E-state index contributed by atoms with van der Waals surface area (Å²) in [6, 6.07) is 15.9. The molecule has 0 aliphatic heterocycles. The van der Waals surface area contributed by atoms with Crippen molar-refractivity contribution in [3.63, 3.8) is 0 Å². The monoisotopic (exact) mass is 330 g/mol. The van der Waals surface area contributed by atoms with Gasteiger partial charge in [0.15, 0.2) is 16.6 Å². The maximum Gasteiger partial charge on any atom is 0.170 e. The minimum absolute atomic E-state index is 0.642. The van der Waals surface area contributed by atoms with Gasteiger partial charge in [-0.1, -0.05) is 24.3 Å². The summed E-state index contributed by atoms with van der Waals surface area (Å²) in [5.41, 5.74) is 2.20. The van der Waals surface area contributed by atoms with Gasteiger partial charge in [0, 0.05) is 12.2 Å². The van der Waals surface area contributed by atoms with Crippen molar-refractivity contribution in [2.24, 2.45) is 0 Å². The fraction of sp³-hybridized carbons (Fsp3) is 0.278.